The molecule has 4 nitrogen and oxygen atoms in total. The molecule has 2 aromatic rings. The van der Waals surface area contributed by atoms with E-state index in [2.05, 4.69) is 16.9 Å². The molecule has 2 unspecified atom stereocenters. The first-order valence-corrected chi connectivity index (χ1v) is 11.1. The summed E-state index contributed by atoms with van der Waals surface area (Å²) in [5.74, 6) is -0.00990. The summed E-state index contributed by atoms with van der Waals surface area (Å²) in [5.41, 5.74) is 10.7. The van der Waals surface area contributed by atoms with Crippen LogP contribution in [0.5, 0.6) is 0 Å². The van der Waals surface area contributed by atoms with Gasteiger partial charge in [0, 0.05) is 18.5 Å². The van der Waals surface area contributed by atoms with Gasteiger partial charge in [-0.2, -0.15) is 0 Å². The zero-order valence-corrected chi connectivity index (χ0v) is 17.7. The van der Waals surface area contributed by atoms with E-state index in [0.717, 1.165) is 29.5 Å². The number of hydrogen-bond donors (Lipinski definition) is 2. The summed E-state index contributed by atoms with van der Waals surface area (Å²) in [4.78, 5) is 0. The summed E-state index contributed by atoms with van der Waals surface area (Å²) in [6.45, 7) is 2.12. The molecule has 0 spiro atoms. The molecule has 0 saturated carbocycles. The third kappa shape index (κ3) is 5.77. The SMILES string of the molecule is CCCS(=O)(=O)NCc1ccc2c(c1)C(Cc1cccc(F)c1)C(N)CC2.Cl. The predicted molar refractivity (Wildman–Crippen MR) is 114 cm³/mol. The van der Waals surface area contributed by atoms with E-state index in [4.69, 9.17) is 5.73 Å². The first kappa shape index (κ1) is 22.8. The maximum Gasteiger partial charge on any atom is 0.211 e. The number of nitrogens with one attached hydrogen (secondary N) is 1. The summed E-state index contributed by atoms with van der Waals surface area (Å²) >= 11 is 0. The van der Waals surface area contributed by atoms with Crippen LogP contribution in [0.4, 0.5) is 4.39 Å². The molecule has 0 fully saturated rings. The summed E-state index contributed by atoms with van der Waals surface area (Å²) in [5, 5.41) is 0. The Bertz CT molecular complexity index is 905. The Hall–Kier alpha value is -1.47. The fourth-order valence-electron chi connectivity index (χ4n) is 3.79. The fraction of sp³-hybridized carbons (Fsp3) is 0.429. The lowest BCUT2D eigenvalue weighted by Gasteiger charge is -2.32. The lowest BCUT2D eigenvalue weighted by Crippen LogP contribution is -2.34. The molecular weight excluding hydrogens is 399 g/mol. The van der Waals surface area contributed by atoms with Gasteiger partial charge in [0.25, 0.3) is 0 Å². The molecule has 3 rings (SSSR count). The molecule has 7 heteroatoms. The van der Waals surface area contributed by atoms with E-state index in [-0.39, 0.29) is 42.5 Å². The maximum absolute atomic E-state index is 13.6. The number of halogens is 2. The van der Waals surface area contributed by atoms with Crippen molar-refractivity contribution in [1.29, 1.82) is 0 Å². The van der Waals surface area contributed by atoms with E-state index < -0.39 is 10.0 Å². The molecule has 28 heavy (non-hydrogen) atoms. The van der Waals surface area contributed by atoms with Crippen molar-refractivity contribution < 1.29 is 12.8 Å². The zero-order chi connectivity index (χ0) is 19.4. The molecule has 0 radical (unpaired) electrons. The molecule has 0 saturated heterocycles. The topological polar surface area (TPSA) is 72.2 Å². The van der Waals surface area contributed by atoms with Crippen molar-refractivity contribution in [3.8, 4) is 0 Å². The van der Waals surface area contributed by atoms with E-state index >= 15 is 0 Å². The average molecular weight is 427 g/mol. The lowest BCUT2D eigenvalue weighted by atomic mass is 9.76. The van der Waals surface area contributed by atoms with Crippen LogP contribution < -0.4 is 10.5 Å². The van der Waals surface area contributed by atoms with Gasteiger partial charge in [0.05, 0.1) is 5.75 Å². The molecule has 0 amide bonds. The highest BCUT2D eigenvalue weighted by atomic mass is 35.5. The number of rotatable bonds is 7. The number of sulfonamides is 1. The summed E-state index contributed by atoms with van der Waals surface area (Å²) in [6, 6.07) is 12.8. The molecule has 0 aliphatic heterocycles. The van der Waals surface area contributed by atoms with Crippen molar-refractivity contribution in [2.75, 3.05) is 5.75 Å². The van der Waals surface area contributed by atoms with Crippen LogP contribution in [0.25, 0.3) is 0 Å². The van der Waals surface area contributed by atoms with Crippen molar-refractivity contribution in [2.45, 2.75) is 51.1 Å². The maximum atomic E-state index is 13.6. The molecule has 2 atom stereocenters. The molecule has 2 aromatic carbocycles. The molecule has 0 heterocycles. The van der Waals surface area contributed by atoms with Gasteiger partial charge in [-0.15, -0.1) is 12.4 Å². The Kier molecular flexibility index (Phi) is 8.01. The minimum Gasteiger partial charge on any atom is -0.327 e. The van der Waals surface area contributed by atoms with Crippen LogP contribution >= 0.6 is 12.4 Å². The van der Waals surface area contributed by atoms with Crippen molar-refractivity contribution >= 4 is 22.4 Å². The molecule has 3 N–H and O–H groups in total. The highest BCUT2D eigenvalue weighted by molar-refractivity contribution is 7.89. The highest BCUT2D eigenvalue weighted by Crippen LogP contribution is 2.34. The first-order valence-electron chi connectivity index (χ1n) is 9.47. The van der Waals surface area contributed by atoms with E-state index in [0.29, 0.717) is 12.8 Å². The number of aryl methyl sites for hydroxylation is 1. The van der Waals surface area contributed by atoms with Crippen LogP contribution in [0, 0.1) is 5.82 Å². The van der Waals surface area contributed by atoms with E-state index in [1.165, 1.54) is 11.6 Å². The standard InChI is InChI=1S/C21H27FN2O2S.ClH/c1-2-10-27(25,26)24-14-16-6-7-17-8-9-21(23)20(19(17)13-16)12-15-4-3-5-18(22)11-15;/h3-7,11,13,20-21,24H,2,8-10,12,14,23H2,1H3;1H. The average Bonchev–Trinajstić information content (AvgIpc) is 2.62. The number of hydrogen-bond acceptors (Lipinski definition) is 3. The van der Waals surface area contributed by atoms with Crippen molar-refractivity contribution in [3.63, 3.8) is 0 Å². The van der Waals surface area contributed by atoms with Gasteiger partial charge < -0.3 is 5.73 Å². The Morgan fingerprint density at radius 3 is 2.68 bits per heavy atom. The van der Waals surface area contributed by atoms with Crippen LogP contribution in [0.3, 0.4) is 0 Å². The van der Waals surface area contributed by atoms with Gasteiger partial charge in [-0.05, 0) is 60.1 Å². The minimum atomic E-state index is -3.25. The number of fused-ring (bicyclic) bond motifs is 1. The van der Waals surface area contributed by atoms with Gasteiger partial charge in [-0.3, -0.25) is 0 Å². The lowest BCUT2D eigenvalue weighted by molar-refractivity contribution is 0.466. The van der Waals surface area contributed by atoms with E-state index in [1.807, 2.05) is 19.1 Å². The second kappa shape index (κ2) is 9.83. The Balaban J connectivity index is 0.00000280. The monoisotopic (exact) mass is 426 g/mol. The molecule has 0 aromatic heterocycles. The van der Waals surface area contributed by atoms with Gasteiger partial charge in [0.15, 0.2) is 0 Å². The first-order chi connectivity index (χ1) is 12.9. The Morgan fingerprint density at radius 1 is 1.18 bits per heavy atom. The molecule has 154 valence electrons. The molecular formula is C21H28ClFN2O2S. The van der Waals surface area contributed by atoms with Crippen molar-refractivity contribution in [2.24, 2.45) is 5.73 Å². The van der Waals surface area contributed by atoms with Gasteiger partial charge >= 0.3 is 0 Å². The van der Waals surface area contributed by atoms with Crippen LogP contribution in [0.2, 0.25) is 0 Å². The molecule has 0 bridgehead atoms. The fourth-order valence-corrected chi connectivity index (χ4v) is 4.86. The van der Waals surface area contributed by atoms with Crippen LogP contribution in [0.1, 0.15) is 47.9 Å². The quantitative estimate of drug-likeness (QED) is 0.709. The number of nitrogens with two attached hydrogens (primary N) is 1. The van der Waals surface area contributed by atoms with Crippen LogP contribution in [-0.2, 0) is 29.4 Å². The highest BCUT2D eigenvalue weighted by Gasteiger charge is 2.27. The van der Waals surface area contributed by atoms with Crippen LogP contribution in [0.15, 0.2) is 42.5 Å². The van der Waals surface area contributed by atoms with Gasteiger partial charge in [-0.1, -0.05) is 37.3 Å². The minimum absolute atomic E-state index is 0. The van der Waals surface area contributed by atoms with Gasteiger partial charge in [0.1, 0.15) is 5.82 Å². The number of benzene rings is 2. The molecule has 1 aliphatic carbocycles. The van der Waals surface area contributed by atoms with Crippen LogP contribution in [-0.4, -0.2) is 20.2 Å². The van der Waals surface area contributed by atoms with Crippen molar-refractivity contribution in [1.82, 2.24) is 4.72 Å². The van der Waals surface area contributed by atoms with Gasteiger partial charge in [-0.25, -0.2) is 17.5 Å². The zero-order valence-electron chi connectivity index (χ0n) is 16.0. The third-order valence-electron chi connectivity index (χ3n) is 5.19. The summed E-state index contributed by atoms with van der Waals surface area (Å²) in [6.07, 6.45) is 3.08. The summed E-state index contributed by atoms with van der Waals surface area (Å²) < 4.78 is 40.0. The molecule has 1 aliphatic rings. The Morgan fingerprint density at radius 2 is 1.96 bits per heavy atom. The van der Waals surface area contributed by atoms with Crippen molar-refractivity contribution in [3.05, 3.63) is 70.5 Å². The summed E-state index contributed by atoms with van der Waals surface area (Å²) in [7, 11) is -3.25. The van der Waals surface area contributed by atoms with Gasteiger partial charge in [0.2, 0.25) is 10.0 Å². The van der Waals surface area contributed by atoms with E-state index in [1.54, 1.807) is 12.1 Å². The smallest absolute Gasteiger partial charge is 0.211 e. The second-order valence-corrected chi connectivity index (χ2v) is 9.24. The Labute approximate surface area is 173 Å². The predicted octanol–water partition coefficient (Wildman–Crippen LogP) is 3.68. The largest absolute Gasteiger partial charge is 0.327 e. The van der Waals surface area contributed by atoms with E-state index in [9.17, 15) is 12.8 Å². The third-order valence-corrected chi connectivity index (χ3v) is 6.72. The second-order valence-electron chi connectivity index (χ2n) is 7.32. The normalized spacial score (nSPS) is 19.0.